The van der Waals surface area contributed by atoms with Crippen molar-refractivity contribution in [3.63, 3.8) is 0 Å². The van der Waals surface area contributed by atoms with E-state index in [1.807, 2.05) is 23.1 Å². The van der Waals surface area contributed by atoms with Crippen molar-refractivity contribution >= 4 is 5.78 Å². The number of piperidine rings is 1. The van der Waals surface area contributed by atoms with E-state index in [9.17, 15) is 9.18 Å². The van der Waals surface area contributed by atoms with Gasteiger partial charge in [0.15, 0.2) is 12.1 Å². The van der Waals surface area contributed by atoms with Crippen molar-refractivity contribution in [1.82, 2.24) is 4.90 Å². The molecule has 0 radical (unpaired) electrons. The van der Waals surface area contributed by atoms with Crippen LogP contribution < -0.4 is 0 Å². The van der Waals surface area contributed by atoms with Crippen molar-refractivity contribution in [2.24, 2.45) is 11.3 Å². The van der Waals surface area contributed by atoms with E-state index in [0.717, 1.165) is 25.9 Å². The second-order valence-corrected chi connectivity index (χ2v) is 7.75. The first kappa shape index (κ1) is 19.1. The number of alkyl halides is 1. The van der Waals surface area contributed by atoms with Gasteiger partial charge in [0.2, 0.25) is 0 Å². The summed E-state index contributed by atoms with van der Waals surface area (Å²) in [6.45, 7) is 8.46. The van der Waals surface area contributed by atoms with Crippen molar-refractivity contribution in [2.75, 3.05) is 13.1 Å². The number of likely N-dealkylation sites (tertiary alicyclic amines) is 1. The highest BCUT2D eigenvalue weighted by Crippen LogP contribution is 2.41. The fourth-order valence-electron chi connectivity index (χ4n) is 4.05. The number of hydrogen-bond donors (Lipinski definition) is 0. The van der Waals surface area contributed by atoms with E-state index in [0.29, 0.717) is 23.3 Å². The largest absolute Gasteiger partial charge is 0.294 e. The van der Waals surface area contributed by atoms with Crippen molar-refractivity contribution in [3.05, 3.63) is 35.9 Å². The zero-order chi connectivity index (χ0) is 17.6. The minimum Gasteiger partial charge on any atom is -0.294 e. The predicted molar refractivity (Wildman–Crippen MR) is 97.9 cm³/mol. The van der Waals surface area contributed by atoms with Crippen LogP contribution in [0.4, 0.5) is 4.39 Å². The lowest BCUT2D eigenvalue weighted by Crippen LogP contribution is -2.44. The summed E-state index contributed by atoms with van der Waals surface area (Å²) in [5.41, 5.74) is 1.08. The highest BCUT2D eigenvalue weighted by atomic mass is 19.1. The van der Waals surface area contributed by atoms with Crippen molar-refractivity contribution in [2.45, 2.75) is 65.6 Å². The summed E-state index contributed by atoms with van der Waals surface area (Å²) in [6, 6.07) is 9.20. The second kappa shape index (κ2) is 8.75. The Labute approximate surface area is 146 Å². The maximum Gasteiger partial charge on any atom is 0.163 e. The smallest absolute Gasteiger partial charge is 0.163 e. The molecule has 1 atom stereocenters. The summed E-state index contributed by atoms with van der Waals surface area (Å²) in [5.74, 6) is 0.735. The maximum absolute atomic E-state index is 14.6. The Balaban J connectivity index is 1.80. The Morgan fingerprint density at radius 3 is 2.38 bits per heavy atom. The Morgan fingerprint density at radius 1 is 1.21 bits per heavy atom. The van der Waals surface area contributed by atoms with Gasteiger partial charge < -0.3 is 0 Å². The van der Waals surface area contributed by atoms with E-state index in [2.05, 4.69) is 20.8 Å². The first-order valence-corrected chi connectivity index (χ1v) is 9.42. The fraction of sp³-hybridized carbons (Fsp3) is 0.667. The number of carbonyl (C=O) groups is 1. The van der Waals surface area contributed by atoms with Gasteiger partial charge in [-0.25, -0.2) is 4.39 Å². The van der Waals surface area contributed by atoms with Crippen LogP contribution in [0.3, 0.4) is 0 Å². The molecule has 0 spiro atoms. The van der Waals surface area contributed by atoms with Gasteiger partial charge in [-0.15, -0.1) is 0 Å². The van der Waals surface area contributed by atoms with Gasteiger partial charge in [-0.05, 0) is 37.0 Å². The predicted octanol–water partition coefficient (Wildman–Crippen LogP) is 5.48. The third-order valence-corrected chi connectivity index (χ3v) is 5.55. The molecule has 0 amide bonds. The van der Waals surface area contributed by atoms with Crippen LogP contribution in [0.5, 0.6) is 0 Å². The normalized spacial score (nSPS) is 19.4. The molecule has 0 aromatic heterocycles. The number of Topliss-reactive ketones (excluding diaryl/α,β-unsaturated/α-hetero) is 1. The zero-order valence-corrected chi connectivity index (χ0v) is 15.4. The molecule has 134 valence electrons. The number of halogens is 1. The van der Waals surface area contributed by atoms with E-state index in [4.69, 9.17) is 0 Å². The van der Waals surface area contributed by atoms with E-state index in [-0.39, 0.29) is 12.2 Å². The Morgan fingerprint density at radius 2 is 1.83 bits per heavy atom. The quantitative estimate of drug-likeness (QED) is 0.463. The molecule has 1 aromatic carbocycles. The molecule has 1 fully saturated rings. The van der Waals surface area contributed by atoms with E-state index < -0.39 is 6.30 Å². The van der Waals surface area contributed by atoms with E-state index >= 15 is 0 Å². The van der Waals surface area contributed by atoms with Crippen LogP contribution in [-0.2, 0) is 0 Å². The SMILES string of the molecule is CCC1(CC(C)C)CCN(C(F)CCC(=O)c2ccccc2)CC1. The molecule has 1 aliphatic heterocycles. The van der Waals surface area contributed by atoms with E-state index in [1.165, 1.54) is 12.8 Å². The Bertz CT molecular complexity index is 506. The van der Waals surface area contributed by atoms with Gasteiger partial charge >= 0.3 is 0 Å². The van der Waals surface area contributed by atoms with Crippen LogP contribution in [0, 0.1) is 11.3 Å². The van der Waals surface area contributed by atoms with Crippen molar-refractivity contribution in [3.8, 4) is 0 Å². The number of ketones is 1. The van der Waals surface area contributed by atoms with Gasteiger partial charge in [-0.3, -0.25) is 9.69 Å². The minimum absolute atomic E-state index is 0.0398. The average Bonchev–Trinajstić information content (AvgIpc) is 2.60. The maximum atomic E-state index is 14.6. The Kier molecular flexibility index (Phi) is 6.97. The van der Waals surface area contributed by atoms with Crippen LogP contribution in [0.25, 0.3) is 0 Å². The monoisotopic (exact) mass is 333 g/mol. The van der Waals surface area contributed by atoms with Crippen LogP contribution in [0.2, 0.25) is 0 Å². The molecule has 2 rings (SSSR count). The average molecular weight is 333 g/mol. The molecular weight excluding hydrogens is 301 g/mol. The van der Waals surface area contributed by atoms with Crippen LogP contribution in [-0.4, -0.2) is 30.1 Å². The molecule has 1 unspecified atom stereocenters. The molecule has 0 saturated carbocycles. The zero-order valence-electron chi connectivity index (χ0n) is 15.4. The van der Waals surface area contributed by atoms with Gasteiger partial charge in [0.1, 0.15) is 0 Å². The molecule has 1 saturated heterocycles. The third kappa shape index (κ3) is 5.14. The van der Waals surface area contributed by atoms with Crippen LogP contribution in [0.1, 0.15) is 69.7 Å². The molecular formula is C21H32FNO. The van der Waals surface area contributed by atoms with Crippen LogP contribution >= 0.6 is 0 Å². The summed E-state index contributed by atoms with van der Waals surface area (Å²) < 4.78 is 14.6. The number of nitrogens with zero attached hydrogens (tertiary/aromatic N) is 1. The van der Waals surface area contributed by atoms with Gasteiger partial charge in [-0.2, -0.15) is 0 Å². The van der Waals surface area contributed by atoms with Gasteiger partial charge in [-0.1, -0.05) is 57.5 Å². The number of benzene rings is 1. The molecule has 0 N–H and O–H groups in total. The summed E-state index contributed by atoms with van der Waals surface area (Å²) in [5, 5.41) is 0. The number of carbonyl (C=O) groups excluding carboxylic acids is 1. The molecule has 2 nitrogen and oxygen atoms in total. The number of hydrogen-bond acceptors (Lipinski definition) is 2. The highest BCUT2D eigenvalue weighted by Gasteiger charge is 2.35. The second-order valence-electron chi connectivity index (χ2n) is 7.75. The molecule has 1 aromatic rings. The topological polar surface area (TPSA) is 20.3 Å². The molecule has 0 aliphatic carbocycles. The highest BCUT2D eigenvalue weighted by molar-refractivity contribution is 5.95. The third-order valence-electron chi connectivity index (χ3n) is 5.55. The van der Waals surface area contributed by atoms with Gasteiger partial charge in [0.25, 0.3) is 0 Å². The first-order valence-electron chi connectivity index (χ1n) is 9.42. The minimum atomic E-state index is -0.994. The Hall–Kier alpha value is -1.22. The summed E-state index contributed by atoms with van der Waals surface area (Å²) >= 11 is 0. The standard InChI is InChI=1S/C21H32FNO/c1-4-21(16-17(2)3)12-14-23(15-13-21)20(22)11-10-19(24)18-8-6-5-7-9-18/h5-9,17,20H,4,10-16H2,1-3H3. The molecule has 1 aliphatic rings. The van der Waals surface area contributed by atoms with Crippen molar-refractivity contribution in [1.29, 1.82) is 0 Å². The molecule has 3 heteroatoms. The number of rotatable bonds is 8. The lowest BCUT2D eigenvalue weighted by molar-refractivity contribution is 0.00292. The molecule has 1 heterocycles. The van der Waals surface area contributed by atoms with Gasteiger partial charge in [0.05, 0.1) is 0 Å². The summed E-state index contributed by atoms with van der Waals surface area (Å²) in [6.07, 6.45) is 4.17. The lowest BCUT2D eigenvalue weighted by Gasteiger charge is -2.43. The molecule has 24 heavy (non-hydrogen) atoms. The molecule has 0 bridgehead atoms. The fourth-order valence-corrected chi connectivity index (χ4v) is 4.05. The first-order chi connectivity index (χ1) is 11.5. The lowest BCUT2D eigenvalue weighted by atomic mass is 9.71. The van der Waals surface area contributed by atoms with Gasteiger partial charge in [0, 0.05) is 25.1 Å². The van der Waals surface area contributed by atoms with E-state index in [1.54, 1.807) is 12.1 Å². The van der Waals surface area contributed by atoms with Crippen LogP contribution in [0.15, 0.2) is 30.3 Å². The summed E-state index contributed by atoms with van der Waals surface area (Å²) in [7, 11) is 0. The summed E-state index contributed by atoms with van der Waals surface area (Å²) in [4.78, 5) is 14.1. The van der Waals surface area contributed by atoms with Crippen molar-refractivity contribution < 1.29 is 9.18 Å².